The Bertz CT molecular complexity index is 951. The molecule has 0 bridgehead atoms. The quantitative estimate of drug-likeness (QED) is 0.657. The Hall–Kier alpha value is -1.41. The van der Waals surface area contributed by atoms with E-state index in [9.17, 15) is 4.79 Å². The second-order valence-electron chi connectivity index (χ2n) is 12.5. The van der Waals surface area contributed by atoms with Gasteiger partial charge in [0.15, 0.2) is 0 Å². The maximum atomic E-state index is 13.6. The average molecular weight is 454 g/mol. The molecule has 4 aliphatic rings. The fourth-order valence-electron chi connectivity index (χ4n) is 5.72. The molecule has 180 valence electrons. The van der Waals surface area contributed by atoms with E-state index < -0.39 is 23.7 Å². The molecule has 33 heavy (non-hydrogen) atoms. The number of hydrogen-bond donors (Lipinski definition) is 0. The van der Waals surface area contributed by atoms with Crippen molar-refractivity contribution in [2.45, 2.75) is 103 Å². The molecule has 0 radical (unpaired) electrons. The van der Waals surface area contributed by atoms with Crippen molar-refractivity contribution in [2.75, 3.05) is 24.6 Å². The van der Waals surface area contributed by atoms with Crippen molar-refractivity contribution in [3.63, 3.8) is 0 Å². The van der Waals surface area contributed by atoms with Gasteiger partial charge in [0, 0.05) is 30.9 Å². The van der Waals surface area contributed by atoms with Crippen molar-refractivity contribution in [3.8, 4) is 0 Å². The second kappa shape index (κ2) is 7.30. The summed E-state index contributed by atoms with van der Waals surface area (Å²) in [6.07, 6.45) is 2.02. The van der Waals surface area contributed by atoms with Gasteiger partial charge in [-0.05, 0) is 85.3 Å². The molecule has 1 aromatic carbocycles. The van der Waals surface area contributed by atoms with Gasteiger partial charge < -0.3 is 18.9 Å². The Morgan fingerprint density at radius 3 is 2.18 bits per heavy atom. The van der Waals surface area contributed by atoms with Crippen LogP contribution in [0.25, 0.3) is 0 Å². The third-order valence-corrected chi connectivity index (χ3v) is 8.66. The fourth-order valence-corrected chi connectivity index (χ4v) is 5.72. The van der Waals surface area contributed by atoms with Crippen LogP contribution in [-0.2, 0) is 24.3 Å². The Morgan fingerprint density at radius 1 is 0.939 bits per heavy atom. The first kappa shape index (κ1) is 23.3. The number of benzene rings is 1. The molecule has 0 spiro atoms. The van der Waals surface area contributed by atoms with Gasteiger partial charge in [-0.15, -0.1) is 0 Å². The van der Waals surface area contributed by atoms with Gasteiger partial charge in [0.05, 0.1) is 28.8 Å². The van der Waals surface area contributed by atoms with Crippen LogP contribution in [0, 0.1) is 0 Å². The van der Waals surface area contributed by atoms with E-state index in [4.69, 9.17) is 14.0 Å². The summed E-state index contributed by atoms with van der Waals surface area (Å²) in [7, 11) is -0.425. The lowest BCUT2D eigenvalue weighted by Gasteiger charge is -2.50. The highest BCUT2D eigenvalue weighted by Gasteiger charge is 2.54. The number of fused-ring (bicyclic) bond motifs is 1. The van der Waals surface area contributed by atoms with E-state index in [1.165, 1.54) is 0 Å². The number of hydrogen-bond acceptors (Lipinski definition) is 5. The highest BCUT2D eigenvalue weighted by molar-refractivity contribution is 6.62. The van der Waals surface area contributed by atoms with Crippen molar-refractivity contribution < 1.29 is 18.8 Å². The van der Waals surface area contributed by atoms with Gasteiger partial charge >= 0.3 is 7.12 Å². The smallest absolute Gasteiger partial charge is 0.399 e. The van der Waals surface area contributed by atoms with E-state index in [1.807, 2.05) is 13.8 Å². The SMILES string of the molecule is CC1(C)CN(C2CC(N3C(=O)C(C)(C)c4ccc(B5OC(C)(C)C(C)(C)O5)cc43)C2)CCO1. The largest absolute Gasteiger partial charge is 0.494 e. The second-order valence-corrected chi connectivity index (χ2v) is 12.5. The Kier molecular flexibility index (Phi) is 5.16. The maximum Gasteiger partial charge on any atom is 0.494 e. The Balaban J connectivity index is 1.38. The normalized spacial score (nSPS) is 32.1. The van der Waals surface area contributed by atoms with E-state index in [-0.39, 0.29) is 17.6 Å². The van der Waals surface area contributed by atoms with E-state index in [2.05, 4.69) is 69.5 Å². The first-order valence-corrected chi connectivity index (χ1v) is 12.4. The van der Waals surface area contributed by atoms with Crippen LogP contribution in [0.2, 0.25) is 0 Å². The number of ether oxygens (including phenoxy) is 1. The highest BCUT2D eigenvalue weighted by atomic mass is 16.7. The predicted molar refractivity (Wildman–Crippen MR) is 131 cm³/mol. The van der Waals surface area contributed by atoms with Gasteiger partial charge in [0.2, 0.25) is 5.91 Å². The van der Waals surface area contributed by atoms with E-state index >= 15 is 0 Å². The Labute approximate surface area is 199 Å². The minimum Gasteiger partial charge on any atom is -0.399 e. The molecule has 1 amide bonds. The summed E-state index contributed by atoms with van der Waals surface area (Å²) in [5.41, 5.74) is 1.71. The van der Waals surface area contributed by atoms with Crippen LogP contribution in [0.15, 0.2) is 18.2 Å². The molecule has 3 aliphatic heterocycles. The topological polar surface area (TPSA) is 51.2 Å². The minimum atomic E-state index is -0.518. The lowest BCUT2D eigenvalue weighted by atomic mass is 9.76. The fraction of sp³-hybridized carbons (Fsp3) is 0.731. The van der Waals surface area contributed by atoms with Gasteiger partial charge in [-0.3, -0.25) is 9.69 Å². The number of nitrogens with zero attached hydrogens (tertiary/aromatic N) is 2. The van der Waals surface area contributed by atoms with E-state index in [0.717, 1.165) is 49.3 Å². The summed E-state index contributed by atoms with van der Waals surface area (Å²) in [5.74, 6) is 0.203. The molecule has 2 saturated heterocycles. The predicted octanol–water partition coefficient (Wildman–Crippen LogP) is 3.25. The molecule has 3 heterocycles. The van der Waals surface area contributed by atoms with Gasteiger partial charge in [-0.1, -0.05) is 12.1 Å². The molecule has 0 aromatic heterocycles. The van der Waals surface area contributed by atoms with Crippen LogP contribution >= 0.6 is 0 Å². The molecule has 6 nitrogen and oxygen atoms in total. The number of amides is 1. The highest BCUT2D eigenvalue weighted by Crippen LogP contribution is 2.46. The number of carbonyl (C=O) groups is 1. The maximum absolute atomic E-state index is 13.6. The summed E-state index contributed by atoms with van der Waals surface area (Å²) in [5, 5.41) is 0. The first-order chi connectivity index (χ1) is 15.2. The summed E-state index contributed by atoms with van der Waals surface area (Å²) in [6.45, 7) is 19.4. The van der Waals surface area contributed by atoms with Crippen LogP contribution in [0.5, 0.6) is 0 Å². The molecule has 1 aliphatic carbocycles. The third kappa shape index (κ3) is 3.67. The van der Waals surface area contributed by atoms with Crippen LogP contribution in [0.3, 0.4) is 0 Å². The van der Waals surface area contributed by atoms with Crippen molar-refractivity contribution in [3.05, 3.63) is 23.8 Å². The molecule has 0 N–H and O–H groups in total. The van der Waals surface area contributed by atoms with E-state index in [0.29, 0.717) is 6.04 Å². The molecule has 1 aromatic rings. The third-order valence-electron chi connectivity index (χ3n) is 8.66. The Morgan fingerprint density at radius 2 is 1.58 bits per heavy atom. The first-order valence-electron chi connectivity index (χ1n) is 12.4. The standard InChI is InChI=1S/C26H39BN2O4/c1-23(2)16-28(11-12-31-23)18-14-19(15-18)29-21-13-17(9-10-20(21)24(3,4)22(29)30)27-32-25(5,6)26(7,8)33-27/h9-10,13,18-19H,11-12,14-16H2,1-8H3. The summed E-state index contributed by atoms with van der Waals surface area (Å²) in [4.78, 5) is 18.2. The van der Waals surface area contributed by atoms with Crippen LogP contribution in [-0.4, -0.2) is 66.5 Å². The molecule has 0 atom stereocenters. The lowest BCUT2D eigenvalue weighted by molar-refractivity contribution is -0.124. The zero-order chi connectivity index (χ0) is 24.0. The monoisotopic (exact) mass is 454 g/mol. The van der Waals surface area contributed by atoms with E-state index in [1.54, 1.807) is 0 Å². The number of rotatable bonds is 3. The van der Waals surface area contributed by atoms with Crippen molar-refractivity contribution >= 4 is 24.2 Å². The van der Waals surface area contributed by atoms with Crippen LogP contribution in [0.1, 0.15) is 73.8 Å². The van der Waals surface area contributed by atoms with Crippen LogP contribution < -0.4 is 10.4 Å². The average Bonchev–Trinajstić information content (AvgIpc) is 3.00. The minimum absolute atomic E-state index is 0.0981. The molecule has 1 saturated carbocycles. The molecular weight excluding hydrogens is 415 g/mol. The lowest BCUT2D eigenvalue weighted by Crippen LogP contribution is -2.60. The molecule has 7 heteroatoms. The zero-order valence-corrected chi connectivity index (χ0v) is 21.5. The van der Waals surface area contributed by atoms with Gasteiger partial charge in [-0.2, -0.15) is 0 Å². The molecular formula is C26H39BN2O4. The van der Waals surface area contributed by atoms with Gasteiger partial charge in [-0.25, -0.2) is 0 Å². The van der Waals surface area contributed by atoms with Crippen LogP contribution in [0.4, 0.5) is 5.69 Å². The summed E-state index contributed by atoms with van der Waals surface area (Å²) in [6, 6.07) is 7.06. The summed E-state index contributed by atoms with van der Waals surface area (Å²) < 4.78 is 18.5. The zero-order valence-electron chi connectivity index (χ0n) is 21.5. The van der Waals surface area contributed by atoms with Gasteiger partial charge in [0.1, 0.15) is 0 Å². The van der Waals surface area contributed by atoms with Crippen molar-refractivity contribution in [1.82, 2.24) is 4.90 Å². The molecule has 3 fully saturated rings. The molecule has 0 unspecified atom stereocenters. The van der Waals surface area contributed by atoms with Gasteiger partial charge in [0.25, 0.3) is 0 Å². The number of carbonyl (C=O) groups excluding carboxylic acids is 1. The summed E-state index contributed by atoms with van der Waals surface area (Å²) >= 11 is 0. The molecule has 5 rings (SSSR count). The number of anilines is 1. The van der Waals surface area contributed by atoms with Crippen molar-refractivity contribution in [2.24, 2.45) is 0 Å². The van der Waals surface area contributed by atoms with Crippen molar-refractivity contribution in [1.29, 1.82) is 0 Å². The number of morpholine rings is 1.